The van der Waals surface area contributed by atoms with E-state index in [2.05, 4.69) is 25.7 Å². The Morgan fingerprint density at radius 3 is 3.00 bits per heavy atom. The van der Waals surface area contributed by atoms with Gasteiger partial charge in [-0.15, -0.1) is 0 Å². The highest BCUT2D eigenvalue weighted by Gasteiger charge is 2.01. The number of benzene rings is 1. The molecule has 0 aromatic heterocycles. The molecule has 0 aliphatic heterocycles. The zero-order valence-corrected chi connectivity index (χ0v) is 9.82. The van der Waals surface area contributed by atoms with Crippen molar-refractivity contribution < 1.29 is 9.53 Å². The largest absolute Gasteiger partial charge is 0.468 e. The Hall–Kier alpha value is -1.36. The third-order valence-corrected chi connectivity index (χ3v) is 2.45. The minimum absolute atomic E-state index is 0.00270. The number of aliphatic imine (C=N–C) groups is 1. The molecule has 0 radical (unpaired) electrons. The molecule has 0 unspecified atom stereocenters. The van der Waals surface area contributed by atoms with E-state index in [-0.39, 0.29) is 12.5 Å². The van der Waals surface area contributed by atoms with Crippen LogP contribution in [0.2, 0.25) is 0 Å². The third-order valence-electron chi connectivity index (χ3n) is 1.76. The molecule has 0 fully saturated rings. The molecule has 80 valence electrons. The smallest absolute Gasteiger partial charge is 0.327 e. The van der Waals surface area contributed by atoms with Gasteiger partial charge in [-0.2, -0.15) is 0 Å². The number of hydrogen-bond donors (Lipinski definition) is 1. The van der Waals surface area contributed by atoms with Crippen molar-refractivity contribution in [2.24, 2.45) is 4.99 Å². The minimum atomic E-state index is -0.378. The molecule has 1 aromatic carbocycles. The van der Waals surface area contributed by atoms with Crippen LogP contribution in [0.1, 0.15) is 5.56 Å². The van der Waals surface area contributed by atoms with Gasteiger partial charge in [-0.05, 0) is 12.1 Å². The van der Waals surface area contributed by atoms with Gasteiger partial charge in [0, 0.05) is 21.9 Å². The molecule has 2 N–H and O–H groups in total. The Morgan fingerprint density at radius 1 is 1.67 bits per heavy atom. The molecule has 1 aromatic rings. The molecule has 15 heavy (non-hydrogen) atoms. The van der Waals surface area contributed by atoms with Crippen LogP contribution in [0.25, 0.3) is 0 Å². The number of anilines is 1. The lowest BCUT2D eigenvalue weighted by atomic mass is 10.2. The molecular weight excluding hydrogens is 260 g/mol. The molecule has 0 aliphatic rings. The van der Waals surface area contributed by atoms with Crippen molar-refractivity contribution >= 4 is 33.8 Å². The van der Waals surface area contributed by atoms with Crippen LogP contribution in [0.4, 0.5) is 5.69 Å². The van der Waals surface area contributed by atoms with E-state index in [4.69, 9.17) is 5.73 Å². The van der Waals surface area contributed by atoms with Crippen molar-refractivity contribution in [1.82, 2.24) is 0 Å². The second kappa shape index (κ2) is 5.50. The second-order valence-corrected chi connectivity index (χ2v) is 3.64. The highest BCUT2D eigenvalue weighted by atomic mass is 79.9. The van der Waals surface area contributed by atoms with E-state index < -0.39 is 0 Å². The van der Waals surface area contributed by atoms with Crippen LogP contribution in [0.3, 0.4) is 0 Å². The van der Waals surface area contributed by atoms with Crippen molar-refractivity contribution in [1.29, 1.82) is 0 Å². The monoisotopic (exact) mass is 270 g/mol. The van der Waals surface area contributed by atoms with Gasteiger partial charge in [0.2, 0.25) is 0 Å². The van der Waals surface area contributed by atoms with Crippen LogP contribution in [0.15, 0.2) is 27.7 Å². The Kier molecular flexibility index (Phi) is 4.30. The van der Waals surface area contributed by atoms with Crippen molar-refractivity contribution in [3.8, 4) is 0 Å². The molecule has 5 heteroatoms. The minimum Gasteiger partial charge on any atom is -0.468 e. The van der Waals surface area contributed by atoms with Gasteiger partial charge in [-0.3, -0.25) is 9.79 Å². The van der Waals surface area contributed by atoms with Gasteiger partial charge in [0.1, 0.15) is 6.54 Å². The zero-order chi connectivity index (χ0) is 11.3. The maximum absolute atomic E-state index is 10.8. The van der Waals surface area contributed by atoms with Crippen LogP contribution >= 0.6 is 15.9 Å². The van der Waals surface area contributed by atoms with Crippen molar-refractivity contribution in [2.45, 2.75) is 0 Å². The van der Waals surface area contributed by atoms with E-state index in [1.807, 2.05) is 12.1 Å². The first-order valence-electron chi connectivity index (χ1n) is 4.25. The number of carbonyl (C=O) groups is 1. The number of nitrogens with zero attached hydrogens (tertiary/aromatic N) is 1. The lowest BCUT2D eigenvalue weighted by Crippen LogP contribution is -2.04. The van der Waals surface area contributed by atoms with Crippen molar-refractivity contribution in [3.63, 3.8) is 0 Å². The normalized spacial score (nSPS) is 10.5. The second-order valence-electron chi connectivity index (χ2n) is 2.79. The predicted octanol–water partition coefficient (Wildman–Crippen LogP) is 1.62. The summed E-state index contributed by atoms with van der Waals surface area (Å²) in [5.41, 5.74) is 7.11. The van der Waals surface area contributed by atoms with Crippen LogP contribution < -0.4 is 5.73 Å². The molecule has 0 aliphatic carbocycles. The van der Waals surface area contributed by atoms with E-state index >= 15 is 0 Å². The molecule has 0 amide bonds. The summed E-state index contributed by atoms with van der Waals surface area (Å²) in [6.45, 7) is -0.00270. The number of esters is 1. The summed E-state index contributed by atoms with van der Waals surface area (Å²) in [5, 5.41) is 0. The van der Waals surface area contributed by atoms with Gasteiger partial charge in [0.25, 0.3) is 0 Å². The van der Waals surface area contributed by atoms with Gasteiger partial charge in [0.05, 0.1) is 7.11 Å². The lowest BCUT2D eigenvalue weighted by Gasteiger charge is -2.01. The average Bonchev–Trinajstić information content (AvgIpc) is 2.22. The molecule has 0 heterocycles. The van der Waals surface area contributed by atoms with E-state index in [0.717, 1.165) is 10.0 Å². The maximum Gasteiger partial charge on any atom is 0.327 e. The highest BCUT2D eigenvalue weighted by molar-refractivity contribution is 9.10. The van der Waals surface area contributed by atoms with Crippen LogP contribution in [0.5, 0.6) is 0 Å². The Balaban J connectivity index is 2.76. The fraction of sp³-hybridized carbons (Fsp3) is 0.200. The summed E-state index contributed by atoms with van der Waals surface area (Å²) in [5.74, 6) is -0.378. The lowest BCUT2D eigenvalue weighted by molar-refractivity contribution is -0.138. The Bertz CT molecular complexity index is 371. The molecule has 0 saturated heterocycles. The van der Waals surface area contributed by atoms with E-state index in [9.17, 15) is 4.79 Å². The summed E-state index contributed by atoms with van der Waals surface area (Å²) < 4.78 is 5.30. The summed E-state index contributed by atoms with van der Waals surface area (Å²) >= 11 is 3.34. The quantitative estimate of drug-likeness (QED) is 0.516. The summed E-state index contributed by atoms with van der Waals surface area (Å²) in [6, 6.07) is 5.46. The number of halogens is 1. The van der Waals surface area contributed by atoms with E-state index in [0.29, 0.717) is 5.69 Å². The SMILES string of the molecule is COC(=O)CN=Cc1c(N)cccc1Br. The summed E-state index contributed by atoms with van der Waals surface area (Å²) in [4.78, 5) is 14.7. The first kappa shape index (κ1) is 11.7. The van der Waals surface area contributed by atoms with Crippen LogP contribution in [-0.2, 0) is 9.53 Å². The highest BCUT2D eigenvalue weighted by Crippen LogP contribution is 2.20. The molecular formula is C10H11BrN2O2. The molecule has 4 nitrogen and oxygen atoms in total. The van der Waals surface area contributed by atoms with Gasteiger partial charge in [0.15, 0.2) is 0 Å². The van der Waals surface area contributed by atoms with Gasteiger partial charge >= 0.3 is 5.97 Å². The number of carbonyl (C=O) groups excluding carboxylic acids is 1. The topological polar surface area (TPSA) is 64.7 Å². The fourth-order valence-electron chi connectivity index (χ4n) is 0.966. The third kappa shape index (κ3) is 3.36. The number of methoxy groups -OCH3 is 1. The molecule has 0 atom stereocenters. The predicted molar refractivity (Wildman–Crippen MR) is 63.0 cm³/mol. The van der Waals surface area contributed by atoms with Crippen LogP contribution in [-0.4, -0.2) is 25.8 Å². The molecule has 0 spiro atoms. The molecule has 1 rings (SSSR count). The van der Waals surface area contributed by atoms with E-state index in [1.54, 1.807) is 12.3 Å². The number of nitrogen functional groups attached to an aromatic ring is 1. The Labute approximate surface area is 96.3 Å². The fourth-order valence-corrected chi connectivity index (χ4v) is 1.45. The number of nitrogens with two attached hydrogens (primary N) is 1. The molecule has 0 saturated carbocycles. The summed E-state index contributed by atoms with van der Waals surface area (Å²) in [6.07, 6.45) is 1.55. The average molecular weight is 271 g/mol. The zero-order valence-electron chi connectivity index (χ0n) is 8.24. The maximum atomic E-state index is 10.8. The van der Waals surface area contributed by atoms with Crippen molar-refractivity contribution in [3.05, 3.63) is 28.2 Å². The number of rotatable bonds is 3. The first-order chi connectivity index (χ1) is 7.15. The summed E-state index contributed by atoms with van der Waals surface area (Å²) in [7, 11) is 1.32. The van der Waals surface area contributed by atoms with Crippen LogP contribution in [0, 0.1) is 0 Å². The standard InChI is InChI=1S/C10H11BrN2O2/c1-15-10(14)6-13-5-7-8(11)3-2-4-9(7)12/h2-5H,6,12H2,1H3. The number of ether oxygens (including phenoxy) is 1. The van der Waals surface area contributed by atoms with Crippen molar-refractivity contribution in [2.75, 3.05) is 19.4 Å². The van der Waals surface area contributed by atoms with Gasteiger partial charge in [-0.1, -0.05) is 22.0 Å². The first-order valence-corrected chi connectivity index (χ1v) is 5.05. The van der Waals surface area contributed by atoms with E-state index in [1.165, 1.54) is 7.11 Å². The molecule has 0 bridgehead atoms. The Morgan fingerprint density at radius 2 is 2.40 bits per heavy atom. The van der Waals surface area contributed by atoms with Gasteiger partial charge in [-0.25, -0.2) is 0 Å². The van der Waals surface area contributed by atoms with Gasteiger partial charge < -0.3 is 10.5 Å². The number of hydrogen-bond acceptors (Lipinski definition) is 4.